The molecular formula is C14H16FN3O2. The number of anilines is 1. The average molecular weight is 277 g/mol. The fraction of sp³-hybridized carbons (Fsp3) is 0.286. The third-order valence-corrected chi connectivity index (χ3v) is 3.44. The molecule has 6 heteroatoms. The minimum Gasteiger partial charge on any atom is -0.478 e. The smallest absolute Gasteiger partial charge is 0.337 e. The van der Waals surface area contributed by atoms with Gasteiger partial charge in [-0.25, -0.2) is 9.18 Å². The van der Waals surface area contributed by atoms with E-state index in [1.54, 1.807) is 6.07 Å². The van der Waals surface area contributed by atoms with Crippen LogP contribution in [-0.4, -0.2) is 29.1 Å². The first-order chi connectivity index (χ1) is 9.15. The highest BCUT2D eigenvalue weighted by Gasteiger charge is 2.17. The van der Waals surface area contributed by atoms with Crippen molar-refractivity contribution in [1.29, 1.82) is 0 Å². The molecule has 1 saturated heterocycles. The molecule has 0 radical (unpaired) electrons. The van der Waals surface area contributed by atoms with E-state index in [1.807, 2.05) is 4.90 Å². The van der Waals surface area contributed by atoms with Crippen molar-refractivity contribution in [3.8, 4) is 0 Å². The Labute approximate surface area is 115 Å². The van der Waals surface area contributed by atoms with E-state index in [9.17, 15) is 9.18 Å². The zero-order valence-corrected chi connectivity index (χ0v) is 11.0. The van der Waals surface area contributed by atoms with E-state index in [4.69, 9.17) is 5.11 Å². The third-order valence-electron chi connectivity index (χ3n) is 3.44. The summed E-state index contributed by atoms with van der Waals surface area (Å²) in [6, 6.07) is 4.51. The highest BCUT2D eigenvalue weighted by molar-refractivity contribution is 5.93. The van der Waals surface area contributed by atoms with Gasteiger partial charge in [0.1, 0.15) is 5.82 Å². The van der Waals surface area contributed by atoms with Crippen molar-refractivity contribution in [2.24, 2.45) is 0 Å². The maximum Gasteiger partial charge on any atom is 0.337 e. The Kier molecular flexibility index (Phi) is 3.85. The molecule has 1 aromatic carbocycles. The monoisotopic (exact) mass is 277 g/mol. The first-order valence-electron chi connectivity index (χ1n) is 6.23. The molecule has 0 amide bonds. The molecule has 0 spiro atoms. The van der Waals surface area contributed by atoms with Gasteiger partial charge in [0.25, 0.3) is 0 Å². The minimum absolute atomic E-state index is 0. The van der Waals surface area contributed by atoms with Gasteiger partial charge >= 0.3 is 5.97 Å². The highest BCUT2D eigenvalue weighted by Crippen LogP contribution is 2.28. The minimum atomic E-state index is -1.06. The van der Waals surface area contributed by atoms with Gasteiger partial charge in [-0.2, -0.15) is 0 Å². The van der Waals surface area contributed by atoms with Crippen molar-refractivity contribution in [2.45, 2.75) is 12.8 Å². The molecule has 0 saturated carbocycles. The number of hydrogen-bond acceptors (Lipinski definition) is 4. The molecule has 2 heterocycles. The molecule has 1 aliphatic rings. The second kappa shape index (κ2) is 5.42. The summed E-state index contributed by atoms with van der Waals surface area (Å²) in [4.78, 5) is 17.0. The maximum absolute atomic E-state index is 14.1. The number of nitrogens with zero attached hydrogens (tertiary/aromatic N) is 2. The summed E-state index contributed by atoms with van der Waals surface area (Å²) in [5, 5.41) is 9.41. The van der Waals surface area contributed by atoms with E-state index >= 15 is 0 Å². The number of benzene rings is 1. The second-order valence-corrected chi connectivity index (χ2v) is 4.72. The van der Waals surface area contributed by atoms with Gasteiger partial charge in [-0.1, -0.05) is 0 Å². The number of rotatable bonds is 2. The van der Waals surface area contributed by atoms with Crippen LogP contribution in [0, 0.1) is 5.82 Å². The summed E-state index contributed by atoms with van der Waals surface area (Å²) in [6.45, 7) is 1.71. The van der Waals surface area contributed by atoms with Crippen LogP contribution in [0.2, 0.25) is 0 Å². The van der Waals surface area contributed by atoms with Gasteiger partial charge in [-0.05, 0) is 31.0 Å². The summed E-state index contributed by atoms with van der Waals surface area (Å²) in [5.74, 6) is -1.38. The molecule has 1 aromatic heterocycles. The first kappa shape index (κ1) is 14.2. The summed E-state index contributed by atoms with van der Waals surface area (Å²) in [7, 11) is 0. The van der Waals surface area contributed by atoms with Crippen molar-refractivity contribution in [1.82, 2.24) is 11.1 Å². The lowest BCUT2D eigenvalue weighted by atomic mass is 10.1. The third kappa shape index (κ3) is 2.42. The second-order valence-electron chi connectivity index (χ2n) is 4.72. The molecule has 106 valence electrons. The zero-order chi connectivity index (χ0) is 13.4. The van der Waals surface area contributed by atoms with Gasteiger partial charge in [0, 0.05) is 24.7 Å². The summed E-state index contributed by atoms with van der Waals surface area (Å²) in [6.07, 6.45) is 3.45. The SMILES string of the molecule is N.O=C(O)c1cnc2cc(N3CCCC3)c(F)cc2c1. The summed E-state index contributed by atoms with van der Waals surface area (Å²) in [5.41, 5.74) is 1.25. The van der Waals surface area contributed by atoms with E-state index < -0.39 is 5.97 Å². The molecule has 0 aliphatic carbocycles. The number of fused-ring (bicyclic) bond motifs is 1. The van der Waals surface area contributed by atoms with E-state index in [1.165, 1.54) is 18.3 Å². The van der Waals surface area contributed by atoms with E-state index in [0.717, 1.165) is 25.9 Å². The number of hydrogen-bond donors (Lipinski definition) is 2. The molecule has 5 nitrogen and oxygen atoms in total. The van der Waals surface area contributed by atoms with E-state index in [2.05, 4.69) is 4.98 Å². The Morgan fingerprint density at radius 2 is 1.95 bits per heavy atom. The number of carboxylic acids is 1. The van der Waals surface area contributed by atoms with Crippen molar-refractivity contribution in [2.75, 3.05) is 18.0 Å². The number of aromatic nitrogens is 1. The van der Waals surface area contributed by atoms with Gasteiger partial charge in [-0.3, -0.25) is 4.98 Å². The van der Waals surface area contributed by atoms with Crippen molar-refractivity contribution in [3.05, 3.63) is 35.8 Å². The lowest BCUT2D eigenvalue weighted by molar-refractivity contribution is 0.0696. The van der Waals surface area contributed by atoms with Gasteiger partial charge in [0.15, 0.2) is 0 Å². The van der Waals surface area contributed by atoms with Crippen LogP contribution in [0.4, 0.5) is 10.1 Å². The Morgan fingerprint density at radius 1 is 1.25 bits per heavy atom. The van der Waals surface area contributed by atoms with Gasteiger partial charge < -0.3 is 16.2 Å². The molecule has 2 aromatic rings. The lowest BCUT2D eigenvalue weighted by Crippen LogP contribution is -2.18. The van der Waals surface area contributed by atoms with Crippen molar-refractivity contribution < 1.29 is 14.3 Å². The van der Waals surface area contributed by atoms with Crippen LogP contribution in [0.1, 0.15) is 23.2 Å². The largest absolute Gasteiger partial charge is 0.478 e. The van der Waals surface area contributed by atoms with Crippen LogP contribution in [0.15, 0.2) is 24.4 Å². The standard InChI is InChI=1S/C14H13FN2O2.H3N/c15-11-6-9-5-10(14(18)19)8-16-12(9)7-13(11)17-3-1-2-4-17;/h5-8H,1-4H2,(H,18,19);1H3. The molecule has 0 bridgehead atoms. The predicted molar refractivity (Wildman–Crippen MR) is 75.1 cm³/mol. The number of carboxylic acid groups (broad SMARTS) is 1. The maximum atomic E-state index is 14.1. The van der Waals surface area contributed by atoms with Gasteiger partial charge in [-0.15, -0.1) is 0 Å². The number of aromatic carboxylic acids is 1. The fourth-order valence-electron chi connectivity index (χ4n) is 2.45. The van der Waals surface area contributed by atoms with E-state index in [0.29, 0.717) is 16.6 Å². The normalized spacial score (nSPS) is 14.3. The molecule has 20 heavy (non-hydrogen) atoms. The molecule has 1 fully saturated rings. The fourth-order valence-corrected chi connectivity index (χ4v) is 2.45. The highest BCUT2D eigenvalue weighted by atomic mass is 19.1. The topological polar surface area (TPSA) is 88.4 Å². The van der Waals surface area contributed by atoms with Crippen LogP contribution in [0.3, 0.4) is 0 Å². The lowest BCUT2D eigenvalue weighted by Gasteiger charge is -2.18. The Bertz CT molecular complexity index is 654. The first-order valence-corrected chi connectivity index (χ1v) is 6.23. The van der Waals surface area contributed by atoms with Crippen LogP contribution in [0.5, 0.6) is 0 Å². The Balaban J connectivity index is 0.00000147. The summed E-state index contributed by atoms with van der Waals surface area (Å²) >= 11 is 0. The van der Waals surface area contributed by atoms with Crippen molar-refractivity contribution >= 4 is 22.6 Å². The molecule has 0 atom stereocenters. The predicted octanol–water partition coefficient (Wildman–Crippen LogP) is 2.83. The van der Waals surface area contributed by atoms with Crippen molar-refractivity contribution in [3.63, 3.8) is 0 Å². The van der Waals surface area contributed by atoms with Gasteiger partial charge in [0.2, 0.25) is 0 Å². The van der Waals surface area contributed by atoms with Crippen LogP contribution < -0.4 is 11.1 Å². The number of pyridine rings is 1. The summed E-state index contributed by atoms with van der Waals surface area (Å²) < 4.78 is 14.1. The molecule has 4 N–H and O–H groups in total. The Morgan fingerprint density at radius 3 is 2.60 bits per heavy atom. The molecule has 0 unspecified atom stereocenters. The van der Waals surface area contributed by atoms with E-state index in [-0.39, 0.29) is 17.5 Å². The average Bonchev–Trinajstić information content (AvgIpc) is 2.90. The van der Waals surface area contributed by atoms with Crippen LogP contribution in [0.25, 0.3) is 10.9 Å². The van der Waals surface area contributed by atoms with Gasteiger partial charge in [0.05, 0.1) is 16.8 Å². The zero-order valence-electron chi connectivity index (χ0n) is 11.0. The quantitative estimate of drug-likeness (QED) is 0.881. The van der Waals surface area contributed by atoms with Crippen LogP contribution >= 0.6 is 0 Å². The molecular weight excluding hydrogens is 261 g/mol. The molecule has 1 aliphatic heterocycles. The number of carbonyl (C=O) groups is 1. The van der Waals surface area contributed by atoms with Crippen LogP contribution in [-0.2, 0) is 0 Å². The number of halogens is 1. The molecule has 3 rings (SSSR count). The Hall–Kier alpha value is -2.21.